The lowest BCUT2D eigenvalue weighted by Gasteiger charge is -2.17. The number of hydrogen-bond acceptors (Lipinski definition) is 3. The van der Waals surface area contributed by atoms with Crippen LogP contribution in [0.2, 0.25) is 10.0 Å². The summed E-state index contributed by atoms with van der Waals surface area (Å²) in [7, 11) is 3.83. The Morgan fingerprint density at radius 3 is 2.31 bits per heavy atom. The Morgan fingerprint density at radius 2 is 1.81 bits per heavy atom. The quantitative estimate of drug-likeness (QED) is 0.855. The first-order chi connectivity index (χ1) is 7.47. The molecule has 1 aromatic carbocycles. The van der Waals surface area contributed by atoms with Crippen LogP contribution in [0.25, 0.3) is 0 Å². The number of nitrogens with one attached hydrogen (secondary N) is 1. The van der Waals surface area contributed by atoms with Crippen molar-refractivity contribution in [3.05, 3.63) is 28.2 Å². The fourth-order valence-electron chi connectivity index (χ4n) is 1.38. The summed E-state index contributed by atoms with van der Waals surface area (Å²) in [5.74, 6) is 0. The maximum Gasteiger partial charge on any atom is 0.0838 e. The third-order valence-corrected chi connectivity index (χ3v) is 2.42. The molecular weight excluding hydrogens is 247 g/mol. The van der Waals surface area contributed by atoms with Crippen LogP contribution >= 0.6 is 23.2 Å². The van der Waals surface area contributed by atoms with Gasteiger partial charge in [0.25, 0.3) is 0 Å². The highest BCUT2D eigenvalue weighted by Crippen LogP contribution is 2.22. The van der Waals surface area contributed by atoms with Crippen LogP contribution in [0, 0.1) is 0 Å². The molecule has 16 heavy (non-hydrogen) atoms. The van der Waals surface area contributed by atoms with Crippen LogP contribution in [0.4, 0.5) is 5.69 Å². The molecule has 0 aliphatic heterocycles. The first-order valence-electron chi connectivity index (χ1n) is 5.00. The van der Waals surface area contributed by atoms with Gasteiger partial charge in [0, 0.05) is 28.8 Å². The minimum absolute atomic E-state index is 0.423. The zero-order valence-electron chi connectivity index (χ0n) is 9.37. The van der Waals surface area contributed by atoms with Crippen molar-refractivity contribution in [2.24, 2.45) is 0 Å². The van der Waals surface area contributed by atoms with E-state index in [4.69, 9.17) is 23.2 Å². The Morgan fingerprint density at radius 1 is 1.25 bits per heavy atom. The molecular formula is C11H16Cl2N2O. The van der Waals surface area contributed by atoms with E-state index in [0.29, 0.717) is 23.1 Å². The Kier molecular flexibility index (Phi) is 5.35. The lowest BCUT2D eigenvalue weighted by molar-refractivity contribution is 0.148. The maximum absolute atomic E-state index is 9.65. The number of aliphatic hydroxyl groups is 1. The van der Waals surface area contributed by atoms with E-state index in [-0.39, 0.29) is 0 Å². The van der Waals surface area contributed by atoms with Gasteiger partial charge in [-0.15, -0.1) is 0 Å². The predicted octanol–water partition coefficient (Wildman–Crippen LogP) is 2.33. The summed E-state index contributed by atoms with van der Waals surface area (Å²) < 4.78 is 0. The lowest BCUT2D eigenvalue weighted by Crippen LogP contribution is -2.31. The number of benzene rings is 1. The van der Waals surface area contributed by atoms with Gasteiger partial charge in [0.1, 0.15) is 0 Å². The number of halogens is 2. The Bertz CT molecular complexity index is 325. The van der Waals surface area contributed by atoms with Crippen LogP contribution in [0.3, 0.4) is 0 Å². The van der Waals surface area contributed by atoms with Gasteiger partial charge >= 0.3 is 0 Å². The van der Waals surface area contributed by atoms with E-state index in [9.17, 15) is 5.11 Å². The van der Waals surface area contributed by atoms with Crippen LogP contribution in [0.1, 0.15) is 0 Å². The fourth-order valence-corrected chi connectivity index (χ4v) is 1.90. The lowest BCUT2D eigenvalue weighted by atomic mass is 10.3. The average Bonchev–Trinajstić information content (AvgIpc) is 2.12. The van der Waals surface area contributed by atoms with Gasteiger partial charge in [-0.2, -0.15) is 0 Å². The summed E-state index contributed by atoms with van der Waals surface area (Å²) in [6.45, 7) is 1.08. The van der Waals surface area contributed by atoms with E-state index in [1.54, 1.807) is 18.2 Å². The molecule has 0 heterocycles. The van der Waals surface area contributed by atoms with E-state index < -0.39 is 6.10 Å². The van der Waals surface area contributed by atoms with E-state index in [1.807, 2.05) is 19.0 Å². The van der Waals surface area contributed by atoms with Gasteiger partial charge in [-0.1, -0.05) is 23.2 Å². The minimum atomic E-state index is -0.423. The molecule has 0 bridgehead atoms. The van der Waals surface area contributed by atoms with E-state index in [1.165, 1.54) is 0 Å². The van der Waals surface area contributed by atoms with Crippen molar-refractivity contribution in [1.82, 2.24) is 4.90 Å². The highest BCUT2D eigenvalue weighted by atomic mass is 35.5. The second kappa shape index (κ2) is 6.30. The molecule has 0 saturated carbocycles. The SMILES string of the molecule is CN(C)CC(O)CNc1cc(Cl)cc(Cl)c1. The highest BCUT2D eigenvalue weighted by Gasteiger charge is 2.05. The predicted molar refractivity (Wildman–Crippen MR) is 69.5 cm³/mol. The van der Waals surface area contributed by atoms with Crippen LogP contribution in [-0.4, -0.2) is 43.3 Å². The standard InChI is InChI=1S/C11H16Cl2N2O/c1-15(2)7-11(16)6-14-10-4-8(12)3-9(13)5-10/h3-5,11,14,16H,6-7H2,1-2H3. The number of rotatable bonds is 5. The van der Waals surface area contributed by atoms with Gasteiger partial charge in [-0.25, -0.2) is 0 Å². The molecule has 1 rings (SSSR count). The van der Waals surface area contributed by atoms with Crippen LogP contribution < -0.4 is 5.32 Å². The van der Waals surface area contributed by atoms with Crippen molar-refractivity contribution in [2.75, 3.05) is 32.5 Å². The first kappa shape index (κ1) is 13.6. The number of likely N-dealkylation sites (N-methyl/N-ethyl adjacent to an activating group) is 1. The van der Waals surface area contributed by atoms with Gasteiger partial charge in [-0.3, -0.25) is 0 Å². The van der Waals surface area contributed by atoms with Gasteiger partial charge in [-0.05, 0) is 32.3 Å². The van der Waals surface area contributed by atoms with Crippen molar-refractivity contribution >= 4 is 28.9 Å². The molecule has 0 fully saturated rings. The Balaban J connectivity index is 2.48. The van der Waals surface area contributed by atoms with Crippen molar-refractivity contribution in [3.8, 4) is 0 Å². The molecule has 1 atom stereocenters. The maximum atomic E-state index is 9.65. The molecule has 1 unspecified atom stereocenters. The fraction of sp³-hybridized carbons (Fsp3) is 0.455. The number of hydrogen-bond donors (Lipinski definition) is 2. The Labute approximate surface area is 106 Å². The number of nitrogens with zero attached hydrogens (tertiary/aromatic N) is 1. The molecule has 0 amide bonds. The van der Waals surface area contributed by atoms with Crippen LogP contribution in [-0.2, 0) is 0 Å². The summed E-state index contributed by atoms with van der Waals surface area (Å²) in [6.07, 6.45) is -0.423. The molecule has 0 aliphatic carbocycles. The molecule has 1 aromatic rings. The summed E-state index contributed by atoms with van der Waals surface area (Å²) in [4.78, 5) is 1.93. The third kappa shape index (κ3) is 5.03. The van der Waals surface area contributed by atoms with Gasteiger partial charge in [0.2, 0.25) is 0 Å². The molecule has 0 aromatic heterocycles. The zero-order chi connectivity index (χ0) is 12.1. The molecule has 90 valence electrons. The number of aliphatic hydroxyl groups excluding tert-OH is 1. The van der Waals surface area contributed by atoms with Crippen molar-refractivity contribution < 1.29 is 5.11 Å². The number of anilines is 1. The van der Waals surface area contributed by atoms with E-state index in [2.05, 4.69) is 5.32 Å². The molecule has 5 heteroatoms. The summed E-state index contributed by atoms with van der Waals surface area (Å²) in [5.41, 5.74) is 0.815. The van der Waals surface area contributed by atoms with Gasteiger partial charge < -0.3 is 15.3 Å². The largest absolute Gasteiger partial charge is 0.390 e. The normalized spacial score (nSPS) is 12.9. The first-order valence-corrected chi connectivity index (χ1v) is 5.75. The topological polar surface area (TPSA) is 35.5 Å². The monoisotopic (exact) mass is 262 g/mol. The molecule has 0 radical (unpaired) electrons. The van der Waals surface area contributed by atoms with Crippen molar-refractivity contribution in [2.45, 2.75) is 6.10 Å². The highest BCUT2D eigenvalue weighted by molar-refractivity contribution is 6.35. The molecule has 0 saturated heterocycles. The summed E-state index contributed by atoms with van der Waals surface area (Å²) >= 11 is 11.7. The molecule has 3 nitrogen and oxygen atoms in total. The van der Waals surface area contributed by atoms with E-state index >= 15 is 0 Å². The Hall–Kier alpha value is -0.480. The molecule has 2 N–H and O–H groups in total. The minimum Gasteiger partial charge on any atom is -0.390 e. The van der Waals surface area contributed by atoms with Crippen LogP contribution in [0.5, 0.6) is 0 Å². The summed E-state index contributed by atoms with van der Waals surface area (Å²) in [5, 5.41) is 13.9. The summed E-state index contributed by atoms with van der Waals surface area (Å²) in [6, 6.07) is 5.22. The zero-order valence-corrected chi connectivity index (χ0v) is 10.9. The third-order valence-electron chi connectivity index (χ3n) is 1.98. The van der Waals surface area contributed by atoms with Gasteiger partial charge in [0.15, 0.2) is 0 Å². The average molecular weight is 263 g/mol. The van der Waals surface area contributed by atoms with Crippen molar-refractivity contribution in [3.63, 3.8) is 0 Å². The second-order valence-electron chi connectivity index (χ2n) is 3.96. The molecule has 0 aliphatic rings. The van der Waals surface area contributed by atoms with Gasteiger partial charge in [0.05, 0.1) is 6.10 Å². The van der Waals surface area contributed by atoms with Crippen molar-refractivity contribution in [1.29, 1.82) is 0 Å². The second-order valence-corrected chi connectivity index (χ2v) is 4.83. The molecule has 0 spiro atoms. The smallest absolute Gasteiger partial charge is 0.0838 e. The van der Waals surface area contributed by atoms with Crippen LogP contribution in [0.15, 0.2) is 18.2 Å². The van der Waals surface area contributed by atoms with E-state index in [0.717, 1.165) is 5.69 Å².